The lowest BCUT2D eigenvalue weighted by Crippen LogP contribution is -2.58. The van der Waals surface area contributed by atoms with E-state index in [2.05, 4.69) is 0 Å². The molecule has 2 fully saturated rings. The van der Waals surface area contributed by atoms with Crippen LogP contribution in [0.5, 0.6) is 0 Å². The van der Waals surface area contributed by atoms with Gasteiger partial charge in [-0.2, -0.15) is 0 Å². The van der Waals surface area contributed by atoms with E-state index in [-0.39, 0.29) is 36.9 Å². The molecule has 0 aromatic heterocycles. The Hall–Kier alpha value is -2.08. The molecule has 2 aliphatic heterocycles. The molecule has 2 heterocycles. The summed E-state index contributed by atoms with van der Waals surface area (Å²) in [6.45, 7) is 3.03. The number of likely N-dealkylation sites (tertiary alicyclic amines) is 1. The third kappa shape index (κ3) is 3.38. The number of piperazine rings is 1. The van der Waals surface area contributed by atoms with Crippen LogP contribution in [0.15, 0.2) is 24.3 Å². The fourth-order valence-corrected chi connectivity index (χ4v) is 3.39. The van der Waals surface area contributed by atoms with E-state index >= 15 is 0 Å². The van der Waals surface area contributed by atoms with E-state index in [4.69, 9.17) is 11.6 Å². The van der Waals surface area contributed by atoms with Gasteiger partial charge in [-0.15, -0.1) is 0 Å². The van der Waals surface area contributed by atoms with Gasteiger partial charge in [0.1, 0.15) is 6.54 Å². The van der Waals surface area contributed by atoms with Crippen LogP contribution in [0.3, 0.4) is 0 Å². The van der Waals surface area contributed by atoms with E-state index in [0.717, 1.165) is 12.1 Å². The smallest absolute Gasteiger partial charge is 0.246 e. The van der Waals surface area contributed by atoms with E-state index in [1.807, 2.05) is 13.0 Å². The van der Waals surface area contributed by atoms with Crippen molar-refractivity contribution in [3.63, 3.8) is 0 Å². The minimum atomic E-state index is -0.170. The average molecular weight is 350 g/mol. The largest absolute Gasteiger partial charge is 0.333 e. The van der Waals surface area contributed by atoms with Gasteiger partial charge in [-0.3, -0.25) is 14.4 Å². The van der Waals surface area contributed by atoms with E-state index in [1.54, 1.807) is 32.9 Å². The van der Waals surface area contributed by atoms with Crippen molar-refractivity contribution in [1.29, 1.82) is 0 Å². The molecule has 3 amide bonds. The Morgan fingerprint density at radius 1 is 1.29 bits per heavy atom. The van der Waals surface area contributed by atoms with Crippen molar-refractivity contribution < 1.29 is 14.4 Å². The number of amides is 3. The molecule has 24 heavy (non-hydrogen) atoms. The fourth-order valence-electron chi connectivity index (χ4n) is 3.20. The van der Waals surface area contributed by atoms with E-state index < -0.39 is 0 Å². The van der Waals surface area contributed by atoms with Gasteiger partial charge < -0.3 is 14.7 Å². The number of hydrogen-bond acceptors (Lipinski definition) is 3. The summed E-state index contributed by atoms with van der Waals surface area (Å²) in [5, 5.41) is 0.569. The molecule has 3 rings (SSSR count). The minimum Gasteiger partial charge on any atom is -0.333 e. The molecule has 0 radical (unpaired) electrons. The average Bonchev–Trinajstić information content (AvgIpc) is 2.94. The van der Waals surface area contributed by atoms with E-state index in [0.29, 0.717) is 24.5 Å². The van der Waals surface area contributed by atoms with E-state index in [1.165, 1.54) is 0 Å². The van der Waals surface area contributed by atoms with Gasteiger partial charge in [-0.25, -0.2) is 0 Å². The first-order chi connectivity index (χ1) is 11.5. The van der Waals surface area contributed by atoms with Crippen LogP contribution in [0.1, 0.15) is 19.8 Å². The highest BCUT2D eigenvalue weighted by Crippen LogP contribution is 2.23. The highest BCUT2D eigenvalue weighted by Gasteiger charge is 2.34. The Kier molecular flexibility index (Phi) is 4.76. The number of benzene rings is 1. The summed E-state index contributed by atoms with van der Waals surface area (Å²) in [6.07, 6.45) is 1.30. The van der Waals surface area contributed by atoms with Crippen LogP contribution in [0.4, 0.5) is 5.69 Å². The maximum absolute atomic E-state index is 12.5. The number of rotatable bonds is 3. The van der Waals surface area contributed by atoms with Crippen LogP contribution in [0.25, 0.3) is 0 Å². The molecule has 1 aromatic carbocycles. The molecule has 0 aliphatic carbocycles. The molecule has 0 bridgehead atoms. The topological polar surface area (TPSA) is 60.9 Å². The van der Waals surface area contributed by atoms with Crippen molar-refractivity contribution in [3.05, 3.63) is 29.3 Å². The normalized spacial score (nSPS) is 21.6. The first-order valence-electron chi connectivity index (χ1n) is 8.09. The zero-order valence-corrected chi connectivity index (χ0v) is 14.3. The van der Waals surface area contributed by atoms with Gasteiger partial charge in [0.15, 0.2) is 0 Å². The summed E-state index contributed by atoms with van der Waals surface area (Å²) in [7, 11) is 0. The highest BCUT2D eigenvalue weighted by molar-refractivity contribution is 6.30. The first kappa shape index (κ1) is 16.8. The predicted molar refractivity (Wildman–Crippen MR) is 90.8 cm³/mol. The van der Waals surface area contributed by atoms with Crippen molar-refractivity contribution in [2.24, 2.45) is 0 Å². The predicted octanol–water partition coefficient (Wildman–Crippen LogP) is 1.53. The van der Waals surface area contributed by atoms with E-state index in [9.17, 15) is 14.4 Å². The molecule has 2 aliphatic rings. The maximum Gasteiger partial charge on any atom is 0.246 e. The minimum absolute atomic E-state index is 0.0138. The fraction of sp³-hybridized carbons (Fsp3) is 0.471. The van der Waals surface area contributed by atoms with Gasteiger partial charge in [0.05, 0.1) is 6.54 Å². The number of carbonyl (C=O) groups is 3. The van der Waals surface area contributed by atoms with Crippen LogP contribution < -0.4 is 4.90 Å². The summed E-state index contributed by atoms with van der Waals surface area (Å²) in [6, 6.07) is 7.01. The molecule has 1 unspecified atom stereocenters. The van der Waals surface area contributed by atoms with Crippen molar-refractivity contribution in [2.75, 3.05) is 31.1 Å². The van der Waals surface area contributed by atoms with Crippen molar-refractivity contribution >= 4 is 35.0 Å². The third-order valence-corrected chi connectivity index (χ3v) is 4.76. The van der Waals surface area contributed by atoms with Crippen LogP contribution >= 0.6 is 11.6 Å². The van der Waals surface area contributed by atoms with Crippen molar-refractivity contribution in [2.45, 2.75) is 25.8 Å². The molecule has 7 heteroatoms. The summed E-state index contributed by atoms with van der Waals surface area (Å²) in [5.41, 5.74) is 0.737. The molecule has 1 aromatic rings. The Morgan fingerprint density at radius 3 is 2.75 bits per heavy atom. The molecule has 0 saturated carbocycles. The SMILES string of the molecule is CC1CN(c2cccc(Cl)c2)C(=O)CN1C(=O)CN1CCCC1=O. The lowest BCUT2D eigenvalue weighted by molar-refractivity contribution is -0.143. The third-order valence-electron chi connectivity index (χ3n) is 4.52. The summed E-state index contributed by atoms with van der Waals surface area (Å²) in [4.78, 5) is 41.4. The zero-order chi connectivity index (χ0) is 17.3. The van der Waals surface area contributed by atoms with Gasteiger partial charge in [-0.05, 0) is 31.5 Å². The molecule has 128 valence electrons. The van der Waals surface area contributed by atoms with Gasteiger partial charge in [0.25, 0.3) is 0 Å². The van der Waals surface area contributed by atoms with Gasteiger partial charge in [0.2, 0.25) is 17.7 Å². The second kappa shape index (κ2) is 6.81. The second-order valence-corrected chi connectivity index (χ2v) is 6.71. The summed E-state index contributed by atoms with van der Waals surface area (Å²) in [5.74, 6) is -0.298. The number of hydrogen-bond donors (Lipinski definition) is 0. The summed E-state index contributed by atoms with van der Waals surface area (Å²) >= 11 is 6.00. The molecule has 0 N–H and O–H groups in total. The van der Waals surface area contributed by atoms with Crippen molar-refractivity contribution in [1.82, 2.24) is 9.80 Å². The Labute approximate surface area is 146 Å². The molecule has 6 nitrogen and oxygen atoms in total. The van der Waals surface area contributed by atoms with Crippen LogP contribution in [0.2, 0.25) is 5.02 Å². The molecule has 1 atom stereocenters. The van der Waals surface area contributed by atoms with Gasteiger partial charge in [-0.1, -0.05) is 17.7 Å². The lowest BCUT2D eigenvalue weighted by atomic mass is 10.1. The first-order valence-corrected chi connectivity index (χ1v) is 8.46. The van der Waals surface area contributed by atoms with Crippen molar-refractivity contribution in [3.8, 4) is 0 Å². The standard InChI is InChI=1S/C17H20ClN3O3/c1-12-9-21(14-5-2-4-13(18)8-14)17(24)11-20(12)16(23)10-19-7-3-6-15(19)22/h2,4-5,8,12H,3,6-7,9-11H2,1H3. The number of carbonyl (C=O) groups excluding carboxylic acids is 3. The molecule has 0 spiro atoms. The lowest BCUT2D eigenvalue weighted by Gasteiger charge is -2.40. The summed E-state index contributed by atoms with van der Waals surface area (Å²) < 4.78 is 0. The zero-order valence-electron chi connectivity index (χ0n) is 13.6. The molecular weight excluding hydrogens is 330 g/mol. The number of anilines is 1. The van der Waals surface area contributed by atoms with Crippen LogP contribution in [-0.2, 0) is 14.4 Å². The Bertz CT molecular complexity index is 679. The second-order valence-electron chi connectivity index (χ2n) is 6.27. The van der Waals surface area contributed by atoms with Gasteiger partial charge in [0, 0.05) is 36.3 Å². The Morgan fingerprint density at radius 2 is 2.08 bits per heavy atom. The Balaban J connectivity index is 1.67. The quantitative estimate of drug-likeness (QED) is 0.831. The maximum atomic E-state index is 12.5. The highest BCUT2D eigenvalue weighted by atomic mass is 35.5. The van der Waals surface area contributed by atoms with Crippen LogP contribution in [-0.4, -0.2) is 59.7 Å². The number of nitrogens with zero attached hydrogens (tertiary/aromatic N) is 3. The van der Waals surface area contributed by atoms with Crippen LogP contribution in [0, 0.1) is 0 Å². The monoisotopic (exact) mass is 349 g/mol. The van der Waals surface area contributed by atoms with Gasteiger partial charge >= 0.3 is 0 Å². The molecular formula is C17H20ClN3O3. The number of halogens is 1. The molecule has 2 saturated heterocycles.